The van der Waals surface area contributed by atoms with Gasteiger partial charge in [-0.15, -0.1) is 11.8 Å². The summed E-state index contributed by atoms with van der Waals surface area (Å²) in [5.74, 6) is 2.64. The van der Waals surface area contributed by atoms with Crippen molar-refractivity contribution in [3.8, 4) is 0 Å². The van der Waals surface area contributed by atoms with Crippen molar-refractivity contribution in [2.24, 2.45) is 0 Å². The third kappa shape index (κ3) is 3.35. The van der Waals surface area contributed by atoms with E-state index >= 15 is 0 Å². The van der Waals surface area contributed by atoms with Crippen LogP contribution in [0.15, 0.2) is 38.1 Å². The van der Waals surface area contributed by atoms with E-state index in [1.165, 1.54) is 17.7 Å². The van der Waals surface area contributed by atoms with Crippen LogP contribution in [0.2, 0.25) is 0 Å². The summed E-state index contributed by atoms with van der Waals surface area (Å²) in [6.07, 6.45) is 2.40. The number of nitrogen functional groups attached to an aromatic ring is 1. The molecule has 20 heavy (non-hydrogen) atoms. The second-order valence-electron chi connectivity index (χ2n) is 4.74. The standard InChI is InChI=1S/C14H13Br2N3S/c15-9-2-1-3-10(6-9)20-7-11-18-13(8-4-5-8)12(16)14(17)19-11/h1-3,6,8H,4-5,7H2,(H2,17,18,19). The van der Waals surface area contributed by atoms with E-state index in [1.807, 2.05) is 12.1 Å². The highest BCUT2D eigenvalue weighted by molar-refractivity contribution is 9.11. The Balaban J connectivity index is 1.77. The van der Waals surface area contributed by atoms with E-state index in [0.717, 1.165) is 26.2 Å². The smallest absolute Gasteiger partial charge is 0.141 e. The first-order valence-electron chi connectivity index (χ1n) is 6.33. The number of halogens is 2. The van der Waals surface area contributed by atoms with E-state index < -0.39 is 0 Å². The van der Waals surface area contributed by atoms with Gasteiger partial charge in [-0.25, -0.2) is 9.97 Å². The quantitative estimate of drug-likeness (QED) is 0.733. The molecule has 0 saturated heterocycles. The number of aromatic nitrogens is 2. The van der Waals surface area contributed by atoms with Gasteiger partial charge in [0.2, 0.25) is 0 Å². The van der Waals surface area contributed by atoms with Crippen molar-refractivity contribution in [2.45, 2.75) is 29.4 Å². The van der Waals surface area contributed by atoms with Gasteiger partial charge in [0.05, 0.1) is 15.9 Å². The van der Waals surface area contributed by atoms with Crippen LogP contribution in [-0.4, -0.2) is 9.97 Å². The lowest BCUT2D eigenvalue weighted by Gasteiger charge is -2.08. The molecule has 1 aromatic carbocycles. The molecule has 0 aliphatic heterocycles. The Kier molecular flexibility index (Phi) is 4.33. The Morgan fingerprint density at radius 2 is 2.05 bits per heavy atom. The average molecular weight is 415 g/mol. The summed E-state index contributed by atoms with van der Waals surface area (Å²) in [6, 6.07) is 8.22. The van der Waals surface area contributed by atoms with Gasteiger partial charge in [-0.2, -0.15) is 0 Å². The molecule has 0 amide bonds. The lowest BCUT2D eigenvalue weighted by atomic mass is 10.3. The first-order chi connectivity index (χ1) is 9.63. The normalized spacial score (nSPS) is 14.5. The van der Waals surface area contributed by atoms with Gasteiger partial charge in [-0.05, 0) is 47.0 Å². The highest BCUT2D eigenvalue weighted by Crippen LogP contribution is 2.43. The number of benzene rings is 1. The minimum atomic E-state index is 0.548. The van der Waals surface area contributed by atoms with Crippen LogP contribution >= 0.6 is 43.6 Å². The van der Waals surface area contributed by atoms with Crippen molar-refractivity contribution in [1.29, 1.82) is 0 Å². The molecule has 1 saturated carbocycles. The monoisotopic (exact) mass is 413 g/mol. The number of rotatable bonds is 4. The van der Waals surface area contributed by atoms with Crippen molar-refractivity contribution in [3.63, 3.8) is 0 Å². The molecule has 1 aliphatic rings. The third-order valence-corrected chi connectivity index (χ3v) is 5.37. The van der Waals surface area contributed by atoms with Gasteiger partial charge < -0.3 is 5.73 Å². The summed E-state index contributed by atoms with van der Waals surface area (Å²) in [4.78, 5) is 10.2. The molecular weight excluding hydrogens is 402 g/mol. The van der Waals surface area contributed by atoms with Gasteiger partial charge in [0, 0.05) is 15.3 Å². The first-order valence-corrected chi connectivity index (χ1v) is 8.91. The van der Waals surface area contributed by atoms with Crippen LogP contribution in [0.4, 0.5) is 5.82 Å². The van der Waals surface area contributed by atoms with Crippen LogP contribution in [0.1, 0.15) is 30.3 Å². The molecule has 1 fully saturated rings. The Bertz CT molecular complexity index is 644. The number of nitrogens with zero attached hydrogens (tertiary/aromatic N) is 2. The zero-order valence-electron chi connectivity index (χ0n) is 10.6. The van der Waals surface area contributed by atoms with Crippen LogP contribution in [-0.2, 0) is 5.75 Å². The summed E-state index contributed by atoms with van der Waals surface area (Å²) in [7, 11) is 0. The van der Waals surface area contributed by atoms with Gasteiger partial charge in [-0.1, -0.05) is 22.0 Å². The Hall–Kier alpha value is -0.590. The van der Waals surface area contributed by atoms with E-state index in [-0.39, 0.29) is 0 Å². The van der Waals surface area contributed by atoms with Crippen molar-refractivity contribution >= 4 is 49.4 Å². The average Bonchev–Trinajstić information content (AvgIpc) is 3.24. The van der Waals surface area contributed by atoms with E-state index in [1.54, 1.807) is 11.8 Å². The molecule has 1 heterocycles. The van der Waals surface area contributed by atoms with Crippen LogP contribution in [0.3, 0.4) is 0 Å². The van der Waals surface area contributed by atoms with Crippen LogP contribution < -0.4 is 5.73 Å². The van der Waals surface area contributed by atoms with Crippen molar-refractivity contribution in [1.82, 2.24) is 9.97 Å². The van der Waals surface area contributed by atoms with Crippen LogP contribution in [0, 0.1) is 0 Å². The fourth-order valence-corrected chi connectivity index (χ4v) is 3.79. The molecule has 6 heteroatoms. The van der Waals surface area contributed by atoms with Gasteiger partial charge in [0.25, 0.3) is 0 Å². The van der Waals surface area contributed by atoms with Gasteiger partial charge in [0.15, 0.2) is 0 Å². The minimum Gasteiger partial charge on any atom is -0.383 e. The van der Waals surface area contributed by atoms with Gasteiger partial charge >= 0.3 is 0 Å². The van der Waals surface area contributed by atoms with Gasteiger partial charge in [-0.3, -0.25) is 0 Å². The van der Waals surface area contributed by atoms with E-state index in [2.05, 4.69) is 54.0 Å². The van der Waals surface area contributed by atoms with Crippen LogP contribution in [0.25, 0.3) is 0 Å². The molecule has 2 aromatic rings. The fourth-order valence-electron chi connectivity index (χ4n) is 1.93. The summed E-state index contributed by atoms with van der Waals surface area (Å²) in [5, 5.41) is 0. The summed E-state index contributed by atoms with van der Waals surface area (Å²) >= 11 is 8.69. The highest BCUT2D eigenvalue weighted by atomic mass is 79.9. The number of nitrogens with two attached hydrogens (primary N) is 1. The highest BCUT2D eigenvalue weighted by Gasteiger charge is 2.28. The molecule has 2 N–H and O–H groups in total. The second-order valence-corrected chi connectivity index (χ2v) is 7.50. The van der Waals surface area contributed by atoms with E-state index in [9.17, 15) is 0 Å². The Labute approximate surface area is 139 Å². The molecule has 0 radical (unpaired) electrons. The SMILES string of the molecule is Nc1nc(CSc2cccc(Br)c2)nc(C2CC2)c1Br. The second kappa shape index (κ2) is 6.03. The number of thioether (sulfide) groups is 1. The predicted octanol–water partition coefficient (Wildman–Crippen LogP) is 4.75. The maximum Gasteiger partial charge on any atom is 0.141 e. The Morgan fingerprint density at radius 3 is 2.75 bits per heavy atom. The predicted molar refractivity (Wildman–Crippen MR) is 89.8 cm³/mol. The van der Waals surface area contributed by atoms with Crippen molar-refractivity contribution < 1.29 is 0 Å². The molecule has 0 unspecified atom stereocenters. The van der Waals surface area contributed by atoms with Crippen LogP contribution in [0.5, 0.6) is 0 Å². The van der Waals surface area contributed by atoms with Gasteiger partial charge in [0.1, 0.15) is 11.6 Å². The summed E-state index contributed by atoms with van der Waals surface area (Å²) < 4.78 is 1.95. The van der Waals surface area contributed by atoms with Crippen molar-refractivity contribution in [2.75, 3.05) is 5.73 Å². The summed E-state index contributed by atoms with van der Waals surface area (Å²) in [5.41, 5.74) is 7.04. The molecule has 3 nitrogen and oxygen atoms in total. The third-order valence-electron chi connectivity index (χ3n) is 3.08. The molecule has 104 valence electrons. The minimum absolute atomic E-state index is 0.548. The number of hydrogen-bond acceptors (Lipinski definition) is 4. The van der Waals surface area contributed by atoms with E-state index in [4.69, 9.17) is 5.73 Å². The lowest BCUT2D eigenvalue weighted by molar-refractivity contribution is 0.926. The molecule has 3 rings (SSSR count). The zero-order valence-corrected chi connectivity index (χ0v) is 14.6. The Morgan fingerprint density at radius 1 is 1.25 bits per heavy atom. The molecule has 1 aromatic heterocycles. The molecule has 1 aliphatic carbocycles. The molecular formula is C14H13Br2N3S. The molecule has 0 atom stereocenters. The molecule has 0 bridgehead atoms. The zero-order chi connectivity index (χ0) is 14.1. The summed E-state index contributed by atoms with van der Waals surface area (Å²) in [6.45, 7) is 0. The first kappa shape index (κ1) is 14.4. The van der Waals surface area contributed by atoms with Crippen molar-refractivity contribution in [3.05, 3.63) is 44.7 Å². The number of anilines is 1. The fraction of sp³-hybridized carbons (Fsp3) is 0.286. The maximum atomic E-state index is 5.97. The van der Waals surface area contributed by atoms with E-state index in [0.29, 0.717) is 11.7 Å². The molecule has 0 spiro atoms. The largest absolute Gasteiger partial charge is 0.383 e. The maximum absolute atomic E-state index is 5.97. The number of hydrogen-bond donors (Lipinski definition) is 1. The lowest BCUT2D eigenvalue weighted by Crippen LogP contribution is -2.04. The topological polar surface area (TPSA) is 51.8 Å².